The number of carbonyl (C=O) groups is 1. The molecule has 1 N–H and O–H groups in total. The molecule has 2 rings (SSSR count). The number of hydrogen-bond acceptors (Lipinski definition) is 3. The van der Waals surface area contributed by atoms with Crippen molar-refractivity contribution >= 4 is 5.97 Å². The Hall–Kier alpha value is -1.26. The summed E-state index contributed by atoms with van der Waals surface area (Å²) in [5, 5.41) is 0. The topological polar surface area (TPSA) is 40.0 Å². The van der Waals surface area contributed by atoms with Gasteiger partial charge in [0, 0.05) is 6.42 Å². The van der Waals surface area contributed by atoms with E-state index in [1.807, 2.05) is 12.1 Å². The van der Waals surface area contributed by atoms with Gasteiger partial charge in [0.2, 0.25) is 0 Å². The van der Waals surface area contributed by atoms with Gasteiger partial charge in [0.1, 0.15) is 5.75 Å². The zero-order valence-corrected chi connectivity index (χ0v) is 18.6. The average Bonchev–Trinajstić information content (AvgIpc) is 2.67. The molecule has 0 saturated carbocycles. The first-order valence-corrected chi connectivity index (χ1v) is 10.9. The number of hydrogen-bond donors (Lipinski definition) is 1. The molecule has 0 aromatic heterocycles. The van der Waals surface area contributed by atoms with Crippen LogP contribution in [-0.2, 0) is 4.74 Å². The number of benzene rings is 1. The molecule has 1 fully saturated rings. The Balaban J connectivity index is 0.00000392. The molecular formula is C23H38ClNO3. The van der Waals surface area contributed by atoms with Crippen LogP contribution in [-0.4, -0.2) is 37.8 Å². The first-order chi connectivity index (χ1) is 13.1. The molecular weight excluding hydrogens is 374 g/mol. The summed E-state index contributed by atoms with van der Waals surface area (Å²) in [7, 11) is 0. The molecule has 1 aliphatic heterocycles. The van der Waals surface area contributed by atoms with Crippen molar-refractivity contribution in [3.05, 3.63) is 29.8 Å². The predicted molar refractivity (Wildman–Crippen MR) is 110 cm³/mol. The van der Waals surface area contributed by atoms with Crippen molar-refractivity contribution in [1.82, 2.24) is 0 Å². The van der Waals surface area contributed by atoms with Gasteiger partial charge in [-0.2, -0.15) is 0 Å². The second kappa shape index (κ2) is 13.8. The van der Waals surface area contributed by atoms with Crippen LogP contribution in [0.1, 0.15) is 82.5 Å². The number of carbonyl (C=O) groups excluding carboxylic acids is 1. The zero-order chi connectivity index (χ0) is 19.5. The maximum absolute atomic E-state index is 12.2. The van der Waals surface area contributed by atoms with Gasteiger partial charge in [-0.25, -0.2) is 4.79 Å². The summed E-state index contributed by atoms with van der Waals surface area (Å²) in [6.45, 7) is 9.20. The lowest BCUT2D eigenvalue weighted by Gasteiger charge is -2.35. The monoisotopic (exact) mass is 411 g/mol. The fraction of sp³-hybridized carbons (Fsp3) is 0.696. The minimum Gasteiger partial charge on any atom is -1.00 e. The van der Waals surface area contributed by atoms with Crippen molar-refractivity contribution in [1.29, 1.82) is 0 Å². The van der Waals surface area contributed by atoms with E-state index in [1.165, 1.54) is 38.5 Å². The highest BCUT2D eigenvalue weighted by molar-refractivity contribution is 5.89. The molecule has 0 radical (unpaired) electrons. The first-order valence-electron chi connectivity index (χ1n) is 10.9. The second-order valence-corrected chi connectivity index (χ2v) is 7.98. The first kappa shape index (κ1) is 24.8. The van der Waals surface area contributed by atoms with Crippen LogP contribution < -0.4 is 22.0 Å². The Kier molecular flexibility index (Phi) is 12.2. The number of esters is 1. The van der Waals surface area contributed by atoms with Gasteiger partial charge in [0.05, 0.1) is 37.4 Å². The zero-order valence-electron chi connectivity index (χ0n) is 17.8. The standard InChI is InChI=1S/C23H37NO3.ClH/c1-4-5-6-7-17-26-22-14-12-21(13-15-22)23(25)27-18-9-16-24-19(2)10-8-11-20(24)3;/h12-15,19-20H,4-11,16-18H2,1-3H3;1H. The van der Waals surface area contributed by atoms with E-state index in [-0.39, 0.29) is 18.4 Å². The number of nitrogens with one attached hydrogen (secondary N) is 1. The van der Waals surface area contributed by atoms with Crippen molar-refractivity contribution in [3.63, 3.8) is 0 Å². The summed E-state index contributed by atoms with van der Waals surface area (Å²) in [5.41, 5.74) is 0.598. The van der Waals surface area contributed by atoms with E-state index >= 15 is 0 Å². The van der Waals surface area contributed by atoms with Gasteiger partial charge >= 0.3 is 5.97 Å². The van der Waals surface area contributed by atoms with Gasteiger partial charge in [-0.15, -0.1) is 0 Å². The Bertz CT molecular complexity index is 539. The Morgan fingerprint density at radius 2 is 1.68 bits per heavy atom. The average molecular weight is 412 g/mol. The summed E-state index contributed by atoms with van der Waals surface area (Å²) in [6.07, 6.45) is 9.66. The SMILES string of the molecule is CCCCCCOc1ccc(C(=O)OCCC[NH+]2C(C)CCCC2C)cc1.[Cl-]. The Morgan fingerprint density at radius 1 is 1.00 bits per heavy atom. The predicted octanol–water partition coefficient (Wildman–Crippen LogP) is 1.04. The van der Waals surface area contributed by atoms with Gasteiger partial charge < -0.3 is 26.8 Å². The van der Waals surface area contributed by atoms with Crippen LogP contribution in [0.2, 0.25) is 0 Å². The van der Waals surface area contributed by atoms with Crippen LogP contribution in [0.4, 0.5) is 0 Å². The highest BCUT2D eigenvalue weighted by Gasteiger charge is 2.27. The largest absolute Gasteiger partial charge is 1.00 e. The summed E-state index contributed by atoms with van der Waals surface area (Å²) in [4.78, 5) is 13.9. The Labute approximate surface area is 177 Å². The van der Waals surface area contributed by atoms with Gasteiger partial charge in [-0.1, -0.05) is 26.2 Å². The van der Waals surface area contributed by atoms with Gasteiger partial charge in [-0.05, 0) is 63.8 Å². The van der Waals surface area contributed by atoms with Crippen molar-refractivity contribution in [2.75, 3.05) is 19.8 Å². The highest BCUT2D eigenvalue weighted by Crippen LogP contribution is 2.14. The molecule has 1 aromatic carbocycles. The van der Waals surface area contributed by atoms with Crippen LogP contribution in [0.15, 0.2) is 24.3 Å². The number of ether oxygens (including phenoxy) is 2. The number of quaternary nitrogens is 1. The van der Waals surface area contributed by atoms with Crippen molar-refractivity contribution in [2.45, 2.75) is 84.2 Å². The maximum atomic E-state index is 12.2. The van der Waals surface area contributed by atoms with Crippen LogP contribution in [0.3, 0.4) is 0 Å². The summed E-state index contributed by atoms with van der Waals surface area (Å²) < 4.78 is 11.2. The van der Waals surface area contributed by atoms with Gasteiger partial charge in [-0.3, -0.25) is 0 Å². The smallest absolute Gasteiger partial charge is 0.338 e. The molecule has 0 spiro atoms. The lowest BCUT2D eigenvalue weighted by Crippen LogP contribution is -3.19. The highest BCUT2D eigenvalue weighted by atomic mass is 35.5. The fourth-order valence-corrected chi connectivity index (χ4v) is 4.01. The van der Waals surface area contributed by atoms with Crippen LogP contribution in [0.5, 0.6) is 5.75 Å². The van der Waals surface area contributed by atoms with Crippen LogP contribution in [0.25, 0.3) is 0 Å². The number of unbranched alkanes of at least 4 members (excludes halogenated alkanes) is 3. The van der Waals surface area contributed by atoms with Crippen LogP contribution >= 0.6 is 0 Å². The molecule has 28 heavy (non-hydrogen) atoms. The third-order valence-corrected chi connectivity index (χ3v) is 5.74. The van der Waals surface area contributed by atoms with E-state index in [1.54, 1.807) is 17.0 Å². The van der Waals surface area contributed by atoms with Gasteiger partial charge in [0.15, 0.2) is 0 Å². The molecule has 4 nitrogen and oxygen atoms in total. The molecule has 5 heteroatoms. The number of likely N-dealkylation sites (tertiary alicyclic amines) is 1. The van der Waals surface area contributed by atoms with E-state index in [0.29, 0.717) is 12.2 Å². The van der Waals surface area contributed by atoms with E-state index in [9.17, 15) is 4.79 Å². The minimum absolute atomic E-state index is 0. The summed E-state index contributed by atoms with van der Waals surface area (Å²) in [5.74, 6) is 0.582. The molecule has 1 aliphatic rings. The minimum atomic E-state index is -0.237. The molecule has 0 aliphatic carbocycles. The number of rotatable bonds is 11. The van der Waals surface area contributed by atoms with Crippen molar-refractivity contribution in [3.8, 4) is 5.75 Å². The molecule has 2 atom stereocenters. The summed E-state index contributed by atoms with van der Waals surface area (Å²) >= 11 is 0. The van der Waals surface area contributed by atoms with E-state index in [0.717, 1.165) is 43.8 Å². The van der Waals surface area contributed by atoms with Crippen molar-refractivity contribution < 1.29 is 31.6 Å². The Morgan fingerprint density at radius 3 is 2.32 bits per heavy atom. The molecule has 2 unspecified atom stereocenters. The molecule has 160 valence electrons. The molecule has 1 heterocycles. The molecule has 1 saturated heterocycles. The van der Waals surface area contributed by atoms with Crippen molar-refractivity contribution in [2.24, 2.45) is 0 Å². The second-order valence-electron chi connectivity index (χ2n) is 7.98. The molecule has 0 bridgehead atoms. The molecule has 0 amide bonds. The van der Waals surface area contributed by atoms with E-state index in [2.05, 4.69) is 20.8 Å². The van der Waals surface area contributed by atoms with Crippen LogP contribution in [0, 0.1) is 0 Å². The third-order valence-electron chi connectivity index (χ3n) is 5.74. The molecule has 1 aromatic rings. The van der Waals surface area contributed by atoms with Gasteiger partial charge in [0.25, 0.3) is 0 Å². The normalized spacial score (nSPS) is 21.6. The lowest BCUT2D eigenvalue weighted by atomic mass is 9.97. The lowest BCUT2D eigenvalue weighted by molar-refractivity contribution is -0.951. The fourth-order valence-electron chi connectivity index (χ4n) is 4.01. The van der Waals surface area contributed by atoms with E-state index in [4.69, 9.17) is 9.47 Å². The maximum Gasteiger partial charge on any atom is 0.338 e. The quantitative estimate of drug-likeness (QED) is 0.437. The van der Waals surface area contributed by atoms with E-state index < -0.39 is 0 Å². The summed E-state index contributed by atoms with van der Waals surface area (Å²) in [6, 6.07) is 8.75. The number of halogens is 1. The number of piperidine rings is 1. The third kappa shape index (κ3) is 8.40.